The fourth-order valence-corrected chi connectivity index (χ4v) is 3.36. The van der Waals surface area contributed by atoms with E-state index in [1.807, 2.05) is 11.8 Å². The first-order valence-corrected chi connectivity index (χ1v) is 9.86. The Balaban J connectivity index is 2.09. The summed E-state index contributed by atoms with van der Waals surface area (Å²) in [7, 11) is 0. The van der Waals surface area contributed by atoms with E-state index in [0.29, 0.717) is 11.9 Å². The minimum atomic E-state index is 0.318. The molecular weight excluding hydrogens is 294 g/mol. The molecule has 0 aromatic carbocycles. The van der Waals surface area contributed by atoms with Crippen molar-refractivity contribution in [3.63, 3.8) is 0 Å². The number of unbranched alkanes of at least 4 members (excludes halogenated alkanes) is 7. The summed E-state index contributed by atoms with van der Waals surface area (Å²) in [6.45, 7) is 4.91. The van der Waals surface area contributed by atoms with Gasteiger partial charge in [-0.05, 0) is 6.42 Å². The largest absolute Gasteiger partial charge is 0.369 e. The van der Waals surface area contributed by atoms with Gasteiger partial charge in [-0.2, -0.15) is 16.8 Å². The van der Waals surface area contributed by atoms with Crippen molar-refractivity contribution in [3.05, 3.63) is 0 Å². The van der Waals surface area contributed by atoms with Crippen LogP contribution in [0.25, 0.3) is 0 Å². The lowest BCUT2D eigenvalue weighted by molar-refractivity contribution is 0.458. The van der Waals surface area contributed by atoms with Crippen LogP contribution in [-0.2, 0) is 0 Å². The zero-order chi connectivity index (χ0) is 16.0. The molecule has 0 unspecified atom stereocenters. The topological polar surface area (TPSA) is 80.0 Å². The third-order valence-corrected chi connectivity index (χ3v) is 4.79. The maximum Gasteiger partial charge on any atom is 0.218 e. The molecule has 1 aliphatic rings. The van der Waals surface area contributed by atoms with Crippen LogP contribution in [0.3, 0.4) is 0 Å². The predicted octanol–water partition coefficient (Wildman–Crippen LogP) is 2.81. The van der Waals surface area contributed by atoms with Gasteiger partial charge in [0.2, 0.25) is 5.96 Å². The van der Waals surface area contributed by atoms with Gasteiger partial charge in [0.15, 0.2) is 5.96 Å². The molecule has 1 fully saturated rings. The normalized spacial score (nSPS) is 17.0. The molecule has 0 aliphatic carbocycles. The molecule has 22 heavy (non-hydrogen) atoms. The molecule has 0 saturated carbocycles. The van der Waals surface area contributed by atoms with Gasteiger partial charge >= 0.3 is 0 Å². The fraction of sp³-hybridized carbons (Fsp3) is 0.875. The molecule has 1 aliphatic heterocycles. The summed E-state index contributed by atoms with van der Waals surface area (Å²) in [5.41, 5.74) is 11.8. The van der Waals surface area contributed by atoms with E-state index in [2.05, 4.69) is 21.8 Å². The molecule has 128 valence electrons. The van der Waals surface area contributed by atoms with E-state index >= 15 is 0 Å². The molecule has 1 heterocycles. The predicted molar refractivity (Wildman–Crippen MR) is 99.6 cm³/mol. The Morgan fingerprint density at radius 3 is 2.18 bits per heavy atom. The highest BCUT2D eigenvalue weighted by Crippen LogP contribution is 2.09. The second kappa shape index (κ2) is 12.6. The number of nitrogens with zero attached hydrogens (tertiary/aromatic N) is 3. The van der Waals surface area contributed by atoms with Crippen molar-refractivity contribution < 1.29 is 0 Å². The summed E-state index contributed by atoms with van der Waals surface area (Å²) in [4.78, 5) is 10.6. The Hall–Kier alpha value is -0.910. The minimum absolute atomic E-state index is 0.318. The molecule has 1 saturated heterocycles. The van der Waals surface area contributed by atoms with Crippen molar-refractivity contribution in [1.29, 1.82) is 0 Å². The molecular formula is C16H33N5S. The standard InChI is InChI=1S/C16H33N5S/c1-2-3-4-5-6-7-8-9-10-19-15(17)20-16(18)21-11-13-22-14-12-21/h2-14H2,1H3,(H4,17,18,19,20). The van der Waals surface area contributed by atoms with Gasteiger partial charge in [-0.15, -0.1) is 0 Å². The molecule has 0 bridgehead atoms. The number of nitrogens with two attached hydrogens (primary N) is 2. The van der Waals surface area contributed by atoms with Crippen LogP contribution in [-0.4, -0.2) is 48.0 Å². The van der Waals surface area contributed by atoms with E-state index in [-0.39, 0.29) is 0 Å². The zero-order valence-electron chi connectivity index (χ0n) is 14.1. The van der Waals surface area contributed by atoms with Crippen LogP contribution in [0.4, 0.5) is 0 Å². The quantitative estimate of drug-likeness (QED) is 0.388. The molecule has 0 atom stereocenters. The maximum absolute atomic E-state index is 5.97. The molecule has 4 N–H and O–H groups in total. The molecule has 0 aromatic heterocycles. The lowest BCUT2D eigenvalue weighted by Gasteiger charge is -2.26. The Morgan fingerprint density at radius 1 is 0.955 bits per heavy atom. The SMILES string of the molecule is CCCCCCCCCCN=C(N)N=C(N)N1CCSCC1. The number of hydrogen-bond acceptors (Lipinski definition) is 2. The molecule has 6 heteroatoms. The first-order valence-electron chi connectivity index (χ1n) is 8.70. The average Bonchev–Trinajstić information content (AvgIpc) is 2.54. The summed E-state index contributed by atoms with van der Waals surface area (Å²) in [5, 5.41) is 0. The zero-order valence-corrected chi connectivity index (χ0v) is 14.9. The molecule has 0 aromatic rings. The van der Waals surface area contributed by atoms with Crippen LogP contribution in [0.15, 0.2) is 9.98 Å². The molecule has 1 rings (SSSR count). The van der Waals surface area contributed by atoms with Crippen LogP contribution in [0.1, 0.15) is 58.3 Å². The smallest absolute Gasteiger partial charge is 0.218 e. The fourth-order valence-electron chi connectivity index (χ4n) is 2.46. The number of aliphatic imine (C=N–C) groups is 2. The summed E-state index contributed by atoms with van der Waals surface area (Å²) in [6.07, 6.45) is 10.4. The second-order valence-electron chi connectivity index (χ2n) is 5.78. The van der Waals surface area contributed by atoms with E-state index in [1.165, 1.54) is 44.9 Å². The van der Waals surface area contributed by atoms with Gasteiger partial charge in [0, 0.05) is 31.1 Å². The lowest BCUT2D eigenvalue weighted by atomic mass is 10.1. The average molecular weight is 328 g/mol. The van der Waals surface area contributed by atoms with Crippen LogP contribution >= 0.6 is 11.8 Å². The van der Waals surface area contributed by atoms with Gasteiger partial charge < -0.3 is 16.4 Å². The Labute approximate surface area is 140 Å². The Morgan fingerprint density at radius 2 is 1.55 bits per heavy atom. The number of rotatable bonds is 9. The second-order valence-corrected chi connectivity index (χ2v) is 7.01. The van der Waals surface area contributed by atoms with E-state index in [1.54, 1.807) is 0 Å². The third-order valence-electron chi connectivity index (χ3n) is 3.85. The van der Waals surface area contributed by atoms with Crippen molar-refractivity contribution in [3.8, 4) is 0 Å². The van der Waals surface area contributed by atoms with E-state index in [4.69, 9.17) is 11.5 Å². The van der Waals surface area contributed by atoms with E-state index in [9.17, 15) is 0 Å². The summed E-state index contributed by atoms with van der Waals surface area (Å²) < 4.78 is 0. The van der Waals surface area contributed by atoms with Crippen LogP contribution in [0, 0.1) is 0 Å². The summed E-state index contributed by atoms with van der Waals surface area (Å²) in [5.74, 6) is 3.04. The minimum Gasteiger partial charge on any atom is -0.369 e. The number of thioether (sulfide) groups is 1. The molecule has 5 nitrogen and oxygen atoms in total. The van der Waals surface area contributed by atoms with Gasteiger partial charge in [-0.25, -0.2) is 0 Å². The van der Waals surface area contributed by atoms with Crippen LogP contribution in [0.5, 0.6) is 0 Å². The van der Waals surface area contributed by atoms with Crippen molar-refractivity contribution in [2.45, 2.75) is 58.3 Å². The lowest BCUT2D eigenvalue weighted by Crippen LogP contribution is -2.43. The third kappa shape index (κ3) is 9.18. The van der Waals surface area contributed by atoms with Crippen LogP contribution in [0.2, 0.25) is 0 Å². The first kappa shape index (κ1) is 19.1. The van der Waals surface area contributed by atoms with Gasteiger partial charge in [-0.1, -0.05) is 51.9 Å². The van der Waals surface area contributed by atoms with Gasteiger partial charge in [0.25, 0.3) is 0 Å². The van der Waals surface area contributed by atoms with E-state index in [0.717, 1.165) is 37.6 Å². The monoisotopic (exact) mass is 327 g/mol. The van der Waals surface area contributed by atoms with Gasteiger partial charge in [0.1, 0.15) is 0 Å². The highest BCUT2D eigenvalue weighted by Gasteiger charge is 2.12. The highest BCUT2D eigenvalue weighted by atomic mass is 32.2. The van der Waals surface area contributed by atoms with Crippen molar-refractivity contribution >= 4 is 23.7 Å². The Kier molecular flexibility index (Phi) is 11.0. The Bertz CT molecular complexity index is 337. The molecule has 0 amide bonds. The van der Waals surface area contributed by atoms with Crippen LogP contribution < -0.4 is 11.5 Å². The van der Waals surface area contributed by atoms with Crippen molar-refractivity contribution in [2.24, 2.45) is 21.5 Å². The molecule has 0 radical (unpaired) electrons. The van der Waals surface area contributed by atoms with E-state index < -0.39 is 0 Å². The molecule has 0 spiro atoms. The number of guanidine groups is 2. The highest BCUT2D eigenvalue weighted by molar-refractivity contribution is 7.99. The summed E-state index contributed by atoms with van der Waals surface area (Å²) in [6, 6.07) is 0. The van der Waals surface area contributed by atoms with Gasteiger partial charge in [0.05, 0.1) is 0 Å². The maximum atomic E-state index is 5.97. The van der Waals surface area contributed by atoms with Crippen molar-refractivity contribution in [2.75, 3.05) is 31.1 Å². The van der Waals surface area contributed by atoms with Crippen molar-refractivity contribution in [1.82, 2.24) is 4.90 Å². The first-order chi connectivity index (χ1) is 10.7. The summed E-state index contributed by atoms with van der Waals surface area (Å²) >= 11 is 1.95. The number of hydrogen-bond donors (Lipinski definition) is 2. The van der Waals surface area contributed by atoms with Gasteiger partial charge in [-0.3, -0.25) is 4.99 Å².